The van der Waals surface area contributed by atoms with Crippen LogP contribution in [0.3, 0.4) is 0 Å². The largest absolute Gasteiger partial charge is 0.497 e. The van der Waals surface area contributed by atoms with Gasteiger partial charge in [0.05, 0.1) is 20.1 Å². The summed E-state index contributed by atoms with van der Waals surface area (Å²) in [5, 5.41) is 5.46. The topological polar surface area (TPSA) is 67.4 Å². The van der Waals surface area contributed by atoms with Crippen molar-refractivity contribution in [2.45, 2.75) is 19.8 Å². The number of rotatable bonds is 7. The van der Waals surface area contributed by atoms with Crippen molar-refractivity contribution in [2.75, 3.05) is 19.0 Å². The van der Waals surface area contributed by atoms with Gasteiger partial charge in [-0.15, -0.1) is 0 Å². The molecule has 0 fully saturated rings. The Morgan fingerprint density at radius 3 is 2.58 bits per heavy atom. The van der Waals surface area contributed by atoms with E-state index in [9.17, 15) is 9.59 Å². The van der Waals surface area contributed by atoms with Gasteiger partial charge in [-0.1, -0.05) is 37.3 Å². The smallest absolute Gasteiger partial charge is 0.243 e. The van der Waals surface area contributed by atoms with Gasteiger partial charge in [0.2, 0.25) is 11.8 Å². The number of para-hydroxylation sites is 1. The predicted molar refractivity (Wildman–Crippen MR) is 94.2 cm³/mol. The normalized spacial score (nSPS) is 10.1. The van der Waals surface area contributed by atoms with E-state index in [-0.39, 0.29) is 24.8 Å². The summed E-state index contributed by atoms with van der Waals surface area (Å²) in [4.78, 5) is 24.0. The highest BCUT2D eigenvalue weighted by Gasteiger charge is 2.09. The molecular weight excluding hydrogens is 304 g/mol. The molecule has 2 aromatic rings. The lowest BCUT2D eigenvalue weighted by Crippen LogP contribution is -2.33. The van der Waals surface area contributed by atoms with E-state index in [1.807, 2.05) is 49.4 Å². The average Bonchev–Trinajstić information content (AvgIpc) is 2.60. The maximum absolute atomic E-state index is 12.0. The average molecular weight is 326 g/mol. The van der Waals surface area contributed by atoms with Crippen molar-refractivity contribution in [3.8, 4) is 5.75 Å². The van der Waals surface area contributed by atoms with E-state index in [0.717, 1.165) is 23.2 Å². The van der Waals surface area contributed by atoms with E-state index in [2.05, 4.69) is 10.6 Å². The van der Waals surface area contributed by atoms with Gasteiger partial charge in [0, 0.05) is 5.69 Å². The monoisotopic (exact) mass is 326 g/mol. The second kappa shape index (κ2) is 8.72. The van der Waals surface area contributed by atoms with Crippen LogP contribution >= 0.6 is 0 Å². The lowest BCUT2D eigenvalue weighted by Gasteiger charge is -2.10. The Hall–Kier alpha value is -2.82. The molecule has 5 nitrogen and oxygen atoms in total. The van der Waals surface area contributed by atoms with Gasteiger partial charge in [-0.3, -0.25) is 9.59 Å². The zero-order valence-electron chi connectivity index (χ0n) is 14.0. The van der Waals surface area contributed by atoms with Crippen molar-refractivity contribution in [1.82, 2.24) is 5.32 Å². The van der Waals surface area contributed by atoms with Crippen LogP contribution in [0.5, 0.6) is 5.75 Å². The molecule has 0 saturated carbocycles. The first kappa shape index (κ1) is 17.5. The molecule has 0 radical (unpaired) electrons. The van der Waals surface area contributed by atoms with E-state index in [0.29, 0.717) is 5.75 Å². The molecule has 0 aliphatic rings. The third kappa shape index (κ3) is 5.12. The Labute approximate surface area is 142 Å². The molecule has 2 N–H and O–H groups in total. The van der Waals surface area contributed by atoms with E-state index < -0.39 is 0 Å². The number of hydrogen-bond acceptors (Lipinski definition) is 3. The van der Waals surface area contributed by atoms with Crippen molar-refractivity contribution in [1.29, 1.82) is 0 Å². The van der Waals surface area contributed by atoms with Gasteiger partial charge in [-0.25, -0.2) is 0 Å². The number of aryl methyl sites for hydroxylation is 1. The van der Waals surface area contributed by atoms with Gasteiger partial charge in [-0.2, -0.15) is 0 Å². The van der Waals surface area contributed by atoms with E-state index in [4.69, 9.17) is 4.74 Å². The molecule has 0 aromatic heterocycles. The number of carbonyl (C=O) groups excluding carboxylic acids is 2. The third-order valence-corrected chi connectivity index (χ3v) is 3.62. The van der Waals surface area contributed by atoms with Crippen molar-refractivity contribution in [3.63, 3.8) is 0 Å². The van der Waals surface area contributed by atoms with E-state index in [1.54, 1.807) is 13.2 Å². The van der Waals surface area contributed by atoms with Crippen LogP contribution in [0.2, 0.25) is 0 Å². The van der Waals surface area contributed by atoms with Gasteiger partial charge < -0.3 is 15.4 Å². The number of nitrogens with one attached hydrogen (secondary N) is 2. The van der Waals surface area contributed by atoms with E-state index in [1.165, 1.54) is 0 Å². The first-order valence-electron chi connectivity index (χ1n) is 7.89. The Kier molecular flexibility index (Phi) is 6.37. The summed E-state index contributed by atoms with van der Waals surface area (Å²) in [6.07, 6.45) is 1.04. The number of hydrogen-bond donors (Lipinski definition) is 2. The predicted octanol–water partition coefficient (Wildman–Crippen LogP) is 2.56. The van der Waals surface area contributed by atoms with Gasteiger partial charge in [0.15, 0.2) is 0 Å². The second-order valence-corrected chi connectivity index (χ2v) is 5.36. The summed E-state index contributed by atoms with van der Waals surface area (Å²) in [6.45, 7) is 1.97. The summed E-state index contributed by atoms with van der Waals surface area (Å²) in [7, 11) is 1.58. The summed E-state index contributed by atoms with van der Waals surface area (Å²) in [5.41, 5.74) is 2.68. The molecular formula is C19H22N2O3. The quantitative estimate of drug-likeness (QED) is 0.822. The molecule has 126 valence electrons. The Morgan fingerprint density at radius 1 is 1.04 bits per heavy atom. The number of methoxy groups -OCH3 is 1. The summed E-state index contributed by atoms with van der Waals surface area (Å²) in [6, 6.07) is 14.9. The molecule has 2 amide bonds. The fraction of sp³-hybridized carbons (Fsp3) is 0.263. The number of anilines is 1. The van der Waals surface area contributed by atoms with Crippen molar-refractivity contribution in [3.05, 3.63) is 59.7 Å². The van der Waals surface area contributed by atoms with Crippen LogP contribution in [-0.4, -0.2) is 25.5 Å². The van der Waals surface area contributed by atoms with Crippen LogP contribution in [0.15, 0.2) is 48.5 Å². The van der Waals surface area contributed by atoms with Crippen molar-refractivity contribution in [2.24, 2.45) is 0 Å². The van der Waals surface area contributed by atoms with Crippen LogP contribution < -0.4 is 15.4 Å². The van der Waals surface area contributed by atoms with Crippen molar-refractivity contribution < 1.29 is 14.3 Å². The molecule has 0 unspecified atom stereocenters. The molecule has 2 rings (SSSR count). The zero-order chi connectivity index (χ0) is 17.4. The van der Waals surface area contributed by atoms with Gasteiger partial charge in [0.25, 0.3) is 0 Å². The minimum absolute atomic E-state index is 0.0547. The molecule has 24 heavy (non-hydrogen) atoms. The molecule has 5 heteroatoms. The maximum Gasteiger partial charge on any atom is 0.243 e. The third-order valence-electron chi connectivity index (χ3n) is 3.62. The highest BCUT2D eigenvalue weighted by atomic mass is 16.5. The maximum atomic E-state index is 12.0. The van der Waals surface area contributed by atoms with E-state index >= 15 is 0 Å². The standard InChI is InChI=1S/C19H22N2O3/c1-3-15-8-4-5-10-17(15)21-19(23)13-20-18(22)12-14-7-6-9-16(11-14)24-2/h4-11H,3,12-13H2,1-2H3,(H,20,22)(H,21,23). The molecule has 0 aliphatic heterocycles. The number of benzene rings is 2. The highest BCUT2D eigenvalue weighted by Crippen LogP contribution is 2.15. The van der Waals surface area contributed by atoms with Crippen LogP contribution in [0.4, 0.5) is 5.69 Å². The number of carbonyl (C=O) groups is 2. The van der Waals surface area contributed by atoms with Gasteiger partial charge >= 0.3 is 0 Å². The minimum atomic E-state index is -0.241. The van der Waals surface area contributed by atoms with Gasteiger partial charge in [0.1, 0.15) is 5.75 Å². The second-order valence-electron chi connectivity index (χ2n) is 5.36. The molecule has 0 heterocycles. The van der Waals surface area contributed by atoms with Crippen LogP contribution in [0.25, 0.3) is 0 Å². The van der Waals surface area contributed by atoms with Crippen LogP contribution in [-0.2, 0) is 22.4 Å². The number of ether oxygens (including phenoxy) is 1. The fourth-order valence-electron chi connectivity index (χ4n) is 2.35. The highest BCUT2D eigenvalue weighted by molar-refractivity contribution is 5.95. The van der Waals surface area contributed by atoms with Crippen molar-refractivity contribution >= 4 is 17.5 Å². The molecule has 0 spiro atoms. The Balaban J connectivity index is 1.83. The lowest BCUT2D eigenvalue weighted by molar-refractivity contribution is -0.123. The first-order valence-corrected chi connectivity index (χ1v) is 7.89. The summed E-state index contributed by atoms with van der Waals surface area (Å²) >= 11 is 0. The SMILES string of the molecule is CCc1ccccc1NC(=O)CNC(=O)Cc1cccc(OC)c1. The number of amides is 2. The molecule has 0 aliphatic carbocycles. The first-order chi connectivity index (χ1) is 11.6. The molecule has 0 saturated heterocycles. The zero-order valence-corrected chi connectivity index (χ0v) is 14.0. The summed E-state index contributed by atoms with van der Waals surface area (Å²) < 4.78 is 5.13. The molecule has 0 atom stereocenters. The lowest BCUT2D eigenvalue weighted by atomic mass is 10.1. The molecule has 2 aromatic carbocycles. The Morgan fingerprint density at radius 2 is 1.83 bits per heavy atom. The minimum Gasteiger partial charge on any atom is -0.497 e. The Bertz CT molecular complexity index is 713. The summed E-state index contributed by atoms with van der Waals surface area (Å²) in [5.74, 6) is 0.256. The van der Waals surface area contributed by atoms with Crippen LogP contribution in [0.1, 0.15) is 18.1 Å². The van der Waals surface area contributed by atoms with Crippen LogP contribution in [0, 0.1) is 0 Å². The molecule has 0 bridgehead atoms. The fourth-order valence-corrected chi connectivity index (χ4v) is 2.35. The van der Waals surface area contributed by atoms with Gasteiger partial charge in [-0.05, 0) is 35.7 Å².